The fraction of sp³-hybridized carbons (Fsp3) is 0.226. The van der Waals surface area contributed by atoms with E-state index in [1.807, 2.05) is 66.7 Å². The van der Waals surface area contributed by atoms with Crippen molar-refractivity contribution >= 4 is 23.5 Å². The second-order valence-electron chi connectivity index (χ2n) is 8.68. The quantitative estimate of drug-likeness (QED) is 0.282. The molecule has 3 aromatic rings. The van der Waals surface area contributed by atoms with Crippen molar-refractivity contribution in [2.45, 2.75) is 32.9 Å². The van der Waals surface area contributed by atoms with E-state index in [1.54, 1.807) is 43.3 Å². The minimum atomic E-state index is -0.655. The zero-order valence-electron chi connectivity index (χ0n) is 21.4. The third-order valence-electron chi connectivity index (χ3n) is 5.99. The van der Waals surface area contributed by atoms with Crippen LogP contribution < -0.4 is 4.74 Å². The summed E-state index contributed by atoms with van der Waals surface area (Å²) in [6.07, 6.45) is 3.47. The van der Waals surface area contributed by atoms with Crippen molar-refractivity contribution in [3.05, 3.63) is 124 Å². The van der Waals surface area contributed by atoms with Gasteiger partial charge in [-0.1, -0.05) is 66.2 Å². The maximum atomic E-state index is 13.1. The van der Waals surface area contributed by atoms with E-state index in [9.17, 15) is 9.59 Å². The maximum absolute atomic E-state index is 13.1. The molecule has 38 heavy (non-hydrogen) atoms. The number of rotatable bonds is 10. The van der Waals surface area contributed by atoms with Crippen LogP contribution in [0.15, 0.2) is 102 Å². The molecule has 0 saturated heterocycles. The lowest BCUT2D eigenvalue weighted by molar-refractivity contribution is -0.139. The second kappa shape index (κ2) is 13.0. The predicted molar refractivity (Wildman–Crippen MR) is 146 cm³/mol. The fourth-order valence-electron chi connectivity index (χ4n) is 4.23. The lowest BCUT2D eigenvalue weighted by Gasteiger charge is -2.30. The number of ether oxygens (including phenoxy) is 3. The number of esters is 2. The van der Waals surface area contributed by atoms with Crippen molar-refractivity contribution in [2.24, 2.45) is 0 Å². The Morgan fingerprint density at radius 1 is 0.763 bits per heavy atom. The van der Waals surface area contributed by atoms with E-state index in [0.717, 1.165) is 16.7 Å². The van der Waals surface area contributed by atoms with E-state index in [4.69, 9.17) is 25.8 Å². The lowest BCUT2D eigenvalue weighted by atomic mass is 9.83. The van der Waals surface area contributed by atoms with Gasteiger partial charge in [0, 0.05) is 24.0 Å². The summed E-state index contributed by atoms with van der Waals surface area (Å²) in [7, 11) is 0. The van der Waals surface area contributed by atoms with Gasteiger partial charge in [0.1, 0.15) is 12.4 Å². The van der Waals surface area contributed by atoms with Crippen molar-refractivity contribution in [3.8, 4) is 5.75 Å². The van der Waals surface area contributed by atoms with Crippen molar-refractivity contribution in [1.82, 2.24) is 4.90 Å². The summed E-state index contributed by atoms with van der Waals surface area (Å²) in [4.78, 5) is 28.1. The Bertz CT molecular complexity index is 1260. The van der Waals surface area contributed by atoms with Gasteiger partial charge in [0.25, 0.3) is 0 Å². The molecule has 0 unspecified atom stereocenters. The standard InChI is InChI=1S/C31H30ClNO5/c1-3-36-30(34)27-19-33(18-22-10-14-25(32)15-11-22)20-28(31(35)37-4-2)29(27)24-12-16-26(17-13-24)38-21-23-8-6-5-7-9-23/h5-17,19-20,29H,3-4,18,21H2,1-2H3. The van der Waals surface area contributed by atoms with Crippen LogP contribution in [-0.2, 0) is 32.2 Å². The molecule has 0 amide bonds. The summed E-state index contributed by atoms with van der Waals surface area (Å²) >= 11 is 6.03. The second-order valence-corrected chi connectivity index (χ2v) is 9.12. The molecule has 3 aromatic carbocycles. The van der Waals surface area contributed by atoms with Gasteiger partial charge in [-0.3, -0.25) is 0 Å². The number of benzene rings is 3. The van der Waals surface area contributed by atoms with E-state index in [0.29, 0.717) is 35.1 Å². The monoisotopic (exact) mass is 531 g/mol. The molecule has 0 spiro atoms. The Balaban J connectivity index is 1.65. The van der Waals surface area contributed by atoms with Gasteiger partial charge in [0.05, 0.1) is 30.3 Å². The number of carbonyl (C=O) groups excluding carboxylic acids is 2. The first-order valence-electron chi connectivity index (χ1n) is 12.5. The first-order chi connectivity index (χ1) is 18.5. The number of hydrogen-bond acceptors (Lipinski definition) is 6. The van der Waals surface area contributed by atoms with E-state index in [1.165, 1.54) is 0 Å². The molecule has 0 radical (unpaired) electrons. The average Bonchev–Trinajstić information content (AvgIpc) is 2.94. The van der Waals surface area contributed by atoms with Crippen LogP contribution in [0.2, 0.25) is 5.02 Å². The third-order valence-corrected chi connectivity index (χ3v) is 6.25. The molecule has 0 aromatic heterocycles. The number of halogens is 1. The summed E-state index contributed by atoms with van der Waals surface area (Å²) in [5.74, 6) is -0.949. The smallest absolute Gasteiger partial charge is 0.336 e. The highest BCUT2D eigenvalue weighted by Gasteiger charge is 2.35. The molecule has 4 rings (SSSR count). The number of nitrogens with zero attached hydrogens (tertiary/aromatic N) is 1. The minimum absolute atomic E-state index is 0.213. The lowest BCUT2D eigenvalue weighted by Crippen LogP contribution is -2.29. The molecule has 7 heteroatoms. The van der Waals surface area contributed by atoms with E-state index in [-0.39, 0.29) is 13.2 Å². The molecule has 0 atom stereocenters. The summed E-state index contributed by atoms with van der Waals surface area (Å²) in [5.41, 5.74) is 3.48. The zero-order valence-corrected chi connectivity index (χ0v) is 22.2. The van der Waals surface area contributed by atoms with Gasteiger partial charge in [-0.15, -0.1) is 0 Å². The van der Waals surface area contributed by atoms with E-state index < -0.39 is 17.9 Å². The number of hydrogen-bond donors (Lipinski definition) is 0. The largest absolute Gasteiger partial charge is 0.489 e. The van der Waals surface area contributed by atoms with Crippen molar-refractivity contribution in [1.29, 1.82) is 0 Å². The Morgan fingerprint density at radius 2 is 1.34 bits per heavy atom. The van der Waals surface area contributed by atoms with Crippen LogP contribution in [0, 0.1) is 0 Å². The van der Waals surface area contributed by atoms with Gasteiger partial charge in [-0.2, -0.15) is 0 Å². The fourth-order valence-corrected chi connectivity index (χ4v) is 4.36. The highest BCUT2D eigenvalue weighted by Crippen LogP contribution is 2.38. The Kier molecular flexibility index (Phi) is 9.22. The summed E-state index contributed by atoms with van der Waals surface area (Å²) < 4.78 is 16.7. The van der Waals surface area contributed by atoms with Crippen LogP contribution in [-0.4, -0.2) is 30.1 Å². The van der Waals surface area contributed by atoms with Gasteiger partial charge in [0.15, 0.2) is 0 Å². The summed E-state index contributed by atoms with van der Waals surface area (Å²) in [6.45, 7) is 4.80. The van der Waals surface area contributed by atoms with Crippen LogP contribution in [0.1, 0.15) is 36.5 Å². The predicted octanol–water partition coefficient (Wildman–Crippen LogP) is 6.41. The highest BCUT2D eigenvalue weighted by molar-refractivity contribution is 6.30. The van der Waals surface area contributed by atoms with Crippen LogP contribution in [0.5, 0.6) is 5.75 Å². The van der Waals surface area contributed by atoms with Crippen LogP contribution >= 0.6 is 11.6 Å². The molecule has 0 fully saturated rings. The van der Waals surface area contributed by atoms with Crippen LogP contribution in [0.3, 0.4) is 0 Å². The van der Waals surface area contributed by atoms with Crippen LogP contribution in [0.4, 0.5) is 0 Å². The average molecular weight is 532 g/mol. The first kappa shape index (κ1) is 27.0. The number of carbonyl (C=O) groups is 2. The topological polar surface area (TPSA) is 65.1 Å². The minimum Gasteiger partial charge on any atom is -0.489 e. The third kappa shape index (κ3) is 6.84. The molecule has 0 aliphatic carbocycles. The van der Waals surface area contributed by atoms with Crippen LogP contribution in [0.25, 0.3) is 0 Å². The van der Waals surface area contributed by atoms with Crippen molar-refractivity contribution in [3.63, 3.8) is 0 Å². The van der Waals surface area contributed by atoms with E-state index in [2.05, 4.69) is 0 Å². The molecule has 1 aliphatic heterocycles. The summed E-state index contributed by atoms with van der Waals surface area (Å²) in [6, 6.07) is 24.7. The van der Waals surface area contributed by atoms with Crippen molar-refractivity contribution in [2.75, 3.05) is 13.2 Å². The SMILES string of the molecule is CCOC(=O)C1=CN(Cc2ccc(Cl)cc2)C=C(C(=O)OCC)C1c1ccc(OCc2ccccc2)cc1. The van der Waals surface area contributed by atoms with E-state index >= 15 is 0 Å². The van der Waals surface area contributed by atoms with Gasteiger partial charge in [-0.05, 0) is 54.8 Å². The molecule has 6 nitrogen and oxygen atoms in total. The molecule has 0 saturated carbocycles. The molecule has 0 N–H and O–H groups in total. The molecule has 1 heterocycles. The van der Waals surface area contributed by atoms with Gasteiger partial charge in [-0.25, -0.2) is 9.59 Å². The summed E-state index contributed by atoms with van der Waals surface area (Å²) in [5, 5.41) is 0.633. The Labute approximate surface area is 228 Å². The first-order valence-corrected chi connectivity index (χ1v) is 12.9. The molecule has 196 valence electrons. The normalized spacial score (nSPS) is 13.4. The molecule has 1 aliphatic rings. The van der Waals surface area contributed by atoms with Gasteiger partial charge >= 0.3 is 11.9 Å². The Morgan fingerprint density at radius 3 is 1.89 bits per heavy atom. The van der Waals surface area contributed by atoms with Gasteiger partial charge < -0.3 is 19.1 Å². The van der Waals surface area contributed by atoms with Crippen molar-refractivity contribution < 1.29 is 23.8 Å². The Hall–Kier alpha value is -4.03. The highest BCUT2D eigenvalue weighted by atomic mass is 35.5. The molecular weight excluding hydrogens is 502 g/mol. The molecular formula is C31H30ClNO5. The maximum Gasteiger partial charge on any atom is 0.336 e. The van der Waals surface area contributed by atoms with Gasteiger partial charge in [0.2, 0.25) is 0 Å². The molecule has 0 bridgehead atoms. The zero-order chi connectivity index (χ0) is 26.9.